The molecule has 0 atom stereocenters. The van der Waals surface area contributed by atoms with Crippen molar-refractivity contribution in [1.29, 1.82) is 0 Å². The molecular weight excluding hydrogens is 208 g/mol. The molecule has 1 N–H and O–H groups in total. The van der Waals surface area contributed by atoms with Crippen molar-refractivity contribution in [2.24, 2.45) is 5.16 Å². The van der Waals surface area contributed by atoms with Gasteiger partial charge in [-0.05, 0) is 18.9 Å². The molecular formula is C11H14N2O3. The van der Waals surface area contributed by atoms with E-state index in [4.69, 9.17) is 9.94 Å². The number of pyridine rings is 1. The number of carboxylic acids is 1. The number of hydrogen-bond donors (Lipinski definition) is 1. The normalized spacial score (nSPS) is 10.5. The van der Waals surface area contributed by atoms with Crippen LogP contribution in [-0.2, 0) is 9.63 Å². The number of rotatable bonds is 7. The van der Waals surface area contributed by atoms with Crippen molar-refractivity contribution >= 4 is 12.2 Å². The highest BCUT2D eigenvalue weighted by Gasteiger charge is 1.95. The van der Waals surface area contributed by atoms with Gasteiger partial charge in [0.25, 0.3) is 0 Å². The highest BCUT2D eigenvalue weighted by atomic mass is 16.6. The number of nitrogens with zero attached hydrogens (tertiary/aromatic N) is 2. The van der Waals surface area contributed by atoms with Crippen molar-refractivity contribution in [3.05, 3.63) is 30.1 Å². The average Bonchev–Trinajstić information content (AvgIpc) is 2.29. The quantitative estimate of drug-likeness (QED) is 0.433. The molecule has 0 bridgehead atoms. The molecule has 0 unspecified atom stereocenters. The third-order valence-electron chi connectivity index (χ3n) is 1.84. The largest absolute Gasteiger partial charge is 0.481 e. The molecule has 0 aliphatic heterocycles. The zero-order valence-electron chi connectivity index (χ0n) is 8.87. The first kappa shape index (κ1) is 12.2. The third kappa shape index (κ3) is 5.74. The van der Waals surface area contributed by atoms with E-state index in [1.165, 1.54) is 0 Å². The van der Waals surface area contributed by atoms with Gasteiger partial charge >= 0.3 is 5.97 Å². The van der Waals surface area contributed by atoms with Crippen molar-refractivity contribution in [3.63, 3.8) is 0 Å². The van der Waals surface area contributed by atoms with Crippen LogP contribution in [0.1, 0.15) is 24.8 Å². The Morgan fingerprint density at radius 2 is 2.44 bits per heavy atom. The van der Waals surface area contributed by atoms with Crippen LogP contribution >= 0.6 is 0 Å². The van der Waals surface area contributed by atoms with Crippen molar-refractivity contribution < 1.29 is 14.7 Å². The van der Waals surface area contributed by atoms with E-state index >= 15 is 0 Å². The lowest BCUT2D eigenvalue weighted by Crippen LogP contribution is -1.96. The second-order valence-corrected chi connectivity index (χ2v) is 3.20. The Hall–Kier alpha value is -1.91. The van der Waals surface area contributed by atoms with Gasteiger partial charge in [0.15, 0.2) is 0 Å². The first-order valence-corrected chi connectivity index (χ1v) is 5.06. The van der Waals surface area contributed by atoms with Crippen LogP contribution in [-0.4, -0.2) is 28.9 Å². The molecule has 0 amide bonds. The molecule has 0 spiro atoms. The highest BCUT2D eigenvalue weighted by Crippen LogP contribution is 1.96. The summed E-state index contributed by atoms with van der Waals surface area (Å²) < 4.78 is 0. The number of unbranched alkanes of at least 4 members (excludes halogenated alkanes) is 1. The smallest absolute Gasteiger partial charge is 0.303 e. The van der Waals surface area contributed by atoms with E-state index in [2.05, 4.69) is 10.1 Å². The van der Waals surface area contributed by atoms with Crippen LogP contribution < -0.4 is 0 Å². The van der Waals surface area contributed by atoms with E-state index in [0.29, 0.717) is 19.4 Å². The molecule has 0 aliphatic rings. The molecule has 86 valence electrons. The van der Waals surface area contributed by atoms with Gasteiger partial charge in [0.05, 0.1) is 6.21 Å². The van der Waals surface area contributed by atoms with Crippen molar-refractivity contribution in [1.82, 2.24) is 4.98 Å². The summed E-state index contributed by atoms with van der Waals surface area (Å²) in [6.07, 6.45) is 6.41. The Bertz CT molecular complexity index is 338. The van der Waals surface area contributed by atoms with Crippen LogP contribution in [0, 0.1) is 0 Å². The second kappa shape index (κ2) is 7.39. The van der Waals surface area contributed by atoms with Crippen LogP contribution in [0.4, 0.5) is 0 Å². The SMILES string of the molecule is O=C(O)CCCCO/N=C/c1cccnc1. The van der Waals surface area contributed by atoms with Crippen LogP contribution in [0.25, 0.3) is 0 Å². The molecule has 0 fully saturated rings. The Balaban J connectivity index is 2.07. The summed E-state index contributed by atoms with van der Waals surface area (Å²) in [5.41, 5.74) is 0.869. The first-order chi connectivity index (χ1) is 7.79. The minimum atomic E-state index is -0.779. The molecule has 0 aliphatic carbocycles. The Kier molecular flexibility index (Phi) is 5.62. The maximum atomic E-state index is 10.2. The minimum Gasteiger partial charge on any atom is -0.481 e. The maximum absolute atomic E-state index is 10.2. The zero-order valence-corrected chi connectivity index (χ0v) is 8.87. The number of aromatic nitrogens is 1. The molecule has 1 aromatic heterocycles. The maximum Gasteiger partial charge on any atom is 0.303 e. The number of carboxylic acid groups (broad SMARTS) is 1. The lowest BCUT2D eigenvalue weighted by atomic mass is 10.2. The lowest BCUT2D eigenvalue weighted by Gasteiger charge is -1.97. The summed E-state index contributed by atoms with van der Waals surface area (Å²) >= 11 is 0. The summed E-state index contributed by atoms with van der Waals surface area (Å²) in [5, 5.41) is 12.1. The van der Waals surface area contributed by atoms with Gasteiger partial charge in [-0.3, -0.25) is 9.78 Å². The average molecular weight is 222 g/mol. The summed E-state index contributed by atoms with van der Waals surface area (Å²) in [6.45, 7) is 0.435. The van der Waals surface area contributed by atoms with Crippen molar-refractivity contribution in [2.45, 2.75) is 19.3 Å². The molecule has 5 heteroatoms. The van der Waals surface area contributed by atoms with Crippen molar-refractivity contribution in [3.8, 4) is 0 Å². The van der Waals surface area contributed by atoms with Crippen LogP contribution in [0.2, 0.25) is 0 Å². The summed E-state index contributed by atoms with van der Waals surface area (Å²) in [6, 6.07) is 3.68. The first-order valence-electron chi connectivity index (χ1n) is 5.06. The van der Waals surface area contributed by atoms with Gasteiger partial charge in [0.1, 0.15) is 6.61 Å². The fourth-order valence-electron chi connectivity index (χ4n) is 1.05. The molecule has 0 saturated carbocycles. The molecule has 1 rings (SSSR count). The number of hydrogen-bond acceptors (Lipinski definition) is 4. The predicted octanol–water partition coefficient (Wildman–Crippen LogP) is 1.69. The van der Waals surface area contributed by atoms with Gasteiger partial charge in [-0.1, -0.05) is 11.2 Å². The summed E-state index contributed by atoms with van der Waals surface area (Å²) in [5.74, 6) is -0.779. The fourth-order valence-corrected chi connectivity index (χ4v) is 1.05. The fraction of sp³-hybridized carbons (Fsp3) is 0.364. The number of oxime groups is 1. The Morgan fingerprint density at radius 1 is 1.56 bits per heavy atom. The molecule has 0 radical (unpaired) electrons. The van der Waals surface area contributed by atoms with Gasteiger partial charge in [-0.25, -0.2) is 0 Å². The Morgan fingerprint density at radius 3 is 3.12 bits per heavy atom. The van der Waals surface area contributed by atoms with E-state index in [9.17, 15) is 4.79 Å². The summed E-state index contributed by atoms with van der Waals surface area (Å²) in [4.78, 5) is 19.1. The standard InChI is InChI=1S/C11H14N2O3/c14-11(15)5-1-2-7-16-13-9-10-4-3-6-12-8-10/h3-4,6,8-9H,1-2,5,7H2,(H,14,15)/b13-9+. The molecule has 16 heavy (non-hydrogen) atoms. The molecule has 0 saturated heterocycles. The monoisotopic (exact) mass is 222 g/mol. The van der Waals surface area contributed by atoms with Crippen LogP contribution in [0.3, 0.4) is 0 Å². The van der Waals surface area contributed by atoms with Gasteiger partial charge in [-0.15, -0.1) is 0 Å². The topological polar surface area (TPSA) is 71.8 Å². The number of aliphatic carboxylic acids is 1. The van der Waals surface area contributed by atoms with Crippen LogP contribution in [0.5, 0.6) is 0 Å². The van der Waals surface area contributed by atoms with Crippen LogP contribution in [0.15, 0.2) is 29.7 Å². The molecule has 1 aromatic rings. The van der Waals surface area contributed by atoms with Gasteiger partial charge in [-0.2, -0.15) is 0 Å². The van der Waals surface area contributed by atoms with Gasteiger partial charge in [0, 0.05) is 24.4 Å². The van der Waals surface area contributed by atoms with E-state index in [0.717, 1.165) is 5.56 Å². The van der Waals surface area contributed by atoms with E-state index in [-0.39, 0.29) is 6.42 Å². The summed E-state index contributed by atoms with van der Waals surface area (Å²) in [7, 11) is 0. The molecule has 0 aromatic carbocycles. The number of carbonyl (C=O) groups is 1. The molecule has 1 heterocycles. The lowest BCUT2D eigenvalue weighted by molar-refractivity contribution is -0.137. The zero-order chi connectivity index (χ0) is 11.6. The second-order valence-electron chi connectivity index (χ2n) is 3.20. The van der Waals surface area contributed by atoms with E-state index in [1.807, 2.05) is 12.1 Å². The van der Waals surface area contributed by atoms with Gasteiger partial charge in [0.2, 0.25) is 0 Å². The van der Waals surface area contributed by atoms with E-state index < -0.39 is 5.97 Å². The van der Waals surface area contributed by atoms with Gasteiger partial charge < -0.3 is 9.94 Å². The third-order valence-corrected chi connectivity index (χ3v) is 1.84. The minimum absolute atomic E-state index is 0.176. The highest BCUT2D eigenvalue weighted by molar-refractivity contribution is 5.78. The molecule has 5 nitrogen and oxygen atoms in total. The van der Waals surface area contributed by atoms with Crippen molar-refractivity contribution in [2.75, 3.05) is 6.61 Å². The van der Waals surface area contributed by atoms with E-state index in [1.54, 1.807) is 18.6 Å². The Labute approximate surface area is 93.8 Å². The predicted molar refractivity (Wildman–Crippen MR) is 59.3 cm³/mol.